The van der Waals surface area contributed by atoms with Gasteiger partial charge in [0, 0.05) is 37.6 Å². The van der Waals surface area contributed by atoms with Crippen LogP contribution in [0.4, 0.5) is 0 Å². The minimum atomic E-state index is 0.987. The number of thioether (sulfide) groups is 1. The molecular weight excluding hydrogens is 332 g/mol. The number of hydrogen-bond donors (Lipinski definition) is 0. The molecule has 2 nitrogen and oxygen atoms in total. The standard InChI is InChI=1S/C20H22N2S2/c23-20(24-19-11-5-2-6-12-19)22-16-14-21(15-17-22)13-7-10-18-8-3-1-4-9-18/h1-12H,13-17H2/b10-7+. The maximum absolute atomic E-state index is 5.60. The highest BCUT2D eigenvalue weighted by Crippen LogP contribution is 2.22. The second-order valence-corrected chi connectivity index (χ2v) is 7.49. The number of rotatable bonds is 4. The third-order valence-electron chi connectivity index (χ3n) is 4.05. The lowest BCUT2D eigenvalue weighted by molar-refractivity contribution is 0.202. The fraction of sp³-hybridized carbons (Fsp3) is 0.250. The monoisotopic (exact) mass is 354 g/mol. The van der Waals surface area contributed by atoms with Crippen LogP contribution in [0.25, 0.3) is 6.08 Å². The molecule has 124 valence electrons. The molecule has 2 aromatic carbocycles. The number of piperazine rings is 1. The van der Waals surface area contributed by atoms with Gasteiger partial charge >= 0.3 is 0 Å². The maximum Gasteiger partial charge on any atom is 0.141 e. The van der Waals surface area contributed by atoms with Gasteiger partial charge in [0.1, 0.15) is 4.32 Å². The molecule has 0 unspecified atom stereocenters. The van der Waals surface area contributed by atoms with Gasteiger partial charge in [-0.05, 0) is 17.7 Å². The second kappa shape index (κ2) is 9.02. The Morgan fingerprint density at radius 2 is 1.54 bits per heavy atom. The van der Waals surface area contributed by atoms with Crippen molar-refractivity contribution in [2.45, 2.75) is 4.90 Å². The first-order valence-corrected chi connectivity index (χ1v) is 9.49. The van der Waals surface area contributed by atoms with Crippen molar-refractivity contribution in [2.24, 2.45) is 0 Å². The van der Waals surface area contributed by atoms with E-state index in [4.69, 9.17) is 12.2 Å². The van der Waals surface area contributed by atoms with E-state index in [1.165, 1.54) is 10.5 Å². The molecule has 0 bridgehead atoms. The molecule has 4 heteroatoms. The summed E-state index contributed by atoms with van der Waals surface area (Å²) >= 11 is 7.29. The molecule has 24 heavy (non-hydrogen) atoms. The molecule has 1 heterocycles. The van der Waals surface area contributed by atoms with E-state index in [-0.39, 0.29) is 0 Å². The summed E-state index contributed by atoms with van der Waals surface area (Å²) in [4.78, 5) is 6.02. The lowest BCUT2D eigenvalue weighted by Crippen LogP contribution is -2.47. The minimum Gasteiger partial charge on any atom is -0.355 e. The van der Waals surface area contributed by atoms with Crippen molar-refractivity contribution < 1.29 is 0 Å². The van der Waals surface area contributed by atoms with Crippen LogP contribution in [0, 0.1) is 0 Å². The second-order valence-electron chi connectivity index (χ2n) is 5.78. The third-order valence-corrected chi connectivity index (χ3v) is 5.50. The zero-order chi connectivity index (χ0) is 16.6. The predicted molar refractivity (Wildman–Crippen MR) is 108 cm³/mol. The van der Waals surface area contributed by atoms with E-state index in [1.807, 2.05) is 12.1 Å². The molecule has 0 N–H and O–H groups in total. The normalized spacial score (nSPS) is 15.8. The Hall–Kier alpha value is -1.62. The van der Waals surface area contributed by atoms with Crippen LogP contribution in [0.2, 0.25) is 0 Å². The maximum atomic E-state index is 5.60. The van der Waals surface area contributed by atoms with Crippen molar-refractivity contribution in [1.29, 1.82) is 0 Å². The number of nitrogens with zero attached hydrogens (tertiary/aromatic N) is 2. The first-order chi connectivity index (χ1) is 11.8. The van der Waals surface area contributed by atoms with Crippen LogP contribution >= 0.6 is 24.0 Å². The van der Waals surface area contributed by atoms with Crippen LogP contribution in [0.15, 0.2) is 71.6 Å². The van der Waals surface area contributed by atoms with Crippen LogP contribution in [0.5, 0.6) is 0 Å². The van der Waals surface area contributed by atoms with Crippen molar-refractivity contribution in [1.82, 2.24) is 9.80 Å². The first kappa shape index (κ1) is 17.2. The molecule has 0 radical (unpaired) electrons. The van der Waals surface area contributed by atoms with Gasteiger partial charge in [0.2, 0.25) is 0 Å². The average molecular weight is 355 g/mol. The van der Waals surface area contributed by atoms with Crippen LogP contribution < -0.4 is 0 Å². The Bertz CT molecular complexity index is 663. The van der Waals surface area contributed by atoms with Crippen molar-refractivity contribution >= 4 is 34.4 Å². The van der Waals surface area contributed by atoms with Crippen LogP contribution in [-0.4, -0.2) is 46.8 Å². The highest BCUT2D eigenvalue weighted by molar-refractivity contribution is 8.22. The Kier molecular flexibility index (Phi) is 6.47. The molecule has 1 aliphatic rings. The van der Waals surface area contributed by atoms with Crippen LogP contribution in [0.3, 0.4) is 0 Å². The van der Waals surface area contributed by atoms with Gasteiger partial charge in [-0.2, -0.15) is 0 Å². The Balaban J connectivity index is 1.42. The van der Waals surface area contributed by atoms with E-state index in [2.05, 4.69) is 70.5 Å². The van der Waals surface area contributed by atoms with E-state index < -0.39 is 0 Å². The highest BCUT2D eigenvalue weighted by atomic mass is 32.2. The summed E-state index contributed by atoms with van der Waals surface area (Å²) in [5, 5.41) is 0. The Morgan fingerprint density at radius 1 is 0.917 bits per heavy atom. The number of hydrogen-bond acceptors (Lipinski definition) is 3. The van der Waals surface area contributed by atoms with Crippen molar-refractivity contribution in [3.8, 4) is 0 Å². The Morgan fingerprint density at radius 3 is 2.21 bits per heavy atom. The van der Waals surface area contributed by atoms with Gasteiger partial charge < -0.3 is 4.90 Å². The molecule has 0 aliphatic carbocycles. The summed E-state index contributed by atoms with van der Waals surface area (Å²) in [7, 11) is 0. The van der Waals surface area contributed by atoms with Gasteiger partial charge in [-0.15, -0.1) is 0 Å². The van der Waals surface area contributed by atoms with Gasteiger partial charge in [0.05, 0.1) is 0 Å². The zero-order valence-corrected chi connectivity index (χ0v) is 15.3. The van der Waals surface area contributed by atoms with Crippen molar-refractivity contribution in [3.63, 3.8) is 0 Å². The van der Waals surface area contributed by atoms with Crippen LogP contribution in [0.1, 0.15) is 5.56 Å². The van der Waals surface area contributed by atoms with Crippen LogP contribution in [-0.2, 0) is 0 Å². The zero-order valence-electron chi connectivity index (χ0n) is 13.7. The fourth-order valence-electron chi connectivity index (χ4n) is 2.67. The molecule has 2 aromatic rings. The summed E-state index contributed by atoms with van der Waals surface area (Å²) in [5.41, 5.74) is 1.26. The van der Waals surface area contributed by atoms with E-state index >= 15 is 0 Å². The molecule has 0 aromatic heterocycles. The van der Waals surface area contributed by atoms with Gasteiger partial charge in [0.15, 0.2) is 0 Å². The molecule has 1 fully saturated rings. The van der Waals surface area contributed by atoms with E-state index in [0.29, 0.717) is 0 Å². The van der Waals surface area contributed by atoms with Crippen molar-refractivity contribution in [3.05, 3.63) is 72.3 Å². The van der Waals surface area contributed by atoms with E-state index in [9.17, 15) is 0 Å². The molecule has 0 saturated carbocycles. The van der Waals surface area contributed by atoms with Gasteiger partial charge in [0.25, 0.3) is 0 Å². The summed E-state index contributed by atoms with van der Waals surface area (Å²) in [6.07, 6.45) is 4.45. The number of thiocarbonyl (C=S) groups is 1. The van der Waals surface area contributed by atoms with E-state index in [1.54, 1.807) is 11.8 Å². The van der Waals surface area contributed by atoms with Gasteiger partial charge in [-0.25, -0.2) is 0 Å². The highest BCUT2D eigenvalue weighted by Gasteiger charge is 2.18. The largest absolute Gasteiger partial charge is 0.355 e. The number of benzene rings is 2. The van der Waals surface area contributed by atoms with Gasteiger partial charge in [-0.3, -0.25) is 4.90 Å². The molecule has 0 spiro atoms. The smallest absolute Gasteiger partial charge is 0.141 e. The summed E-state index contributed by atoms with van der Waals surface area (Å²) in [5.74, 6) is 0. The molecular formula is C20H22N2S2. The van der Waals surface area contributed by atoms with E-state index in [0.717, 1.165) is 37.0 Å². The molecule has 1 saturated heterocycles. The lowest BCUT2D eigenvalue weighted by Gasteiger charge is -2.35. The minimum absolute atomic E-state index is 0.987. The Labute approximate surface area is 154 Å². The predicted octanol–water partition coefficient (Wildman–Crippen LogP) is 4.39. The molecule has 1 aliphatic heterocycles. The first-order valence-electron chi connectivity index (χ1n) is 8.27. The lowest BCUT2D eigenvalue weighted by atomic mass is 10.2. The van der Waals surface area contributed by atoms with Gasteiger partial charge in [-0.1, -0.05) is 84.7 Å². The third kappa shape index (κ3) is 5.20. The fourth-order valence-corrected chi connectivity index (χ4v) is 3.95. The summed E-state index contributed by atoms with van der Waals surface area (Å²) in [6, 6.07) is 20.8. The average Bonchev–Trinajstić information content (AvgIpc) is 2.64. The van der Waals surface area contributed by atoms with Crippen molar-refractivity contribution in [2.75, 3.05) is 32.7 Å². The SMILES string of the molecule is S=C(Sc1ccccc1)N1CCN(C/C=C/c2ccccc2)CC1. The topological polar surface area (TPSA) is 6.48 Å². The molecule has 0 atom stereocenters. The molecule has 0 amide bonds. The summed E-state index contributed by atoms with van der Waals surface area (Å²) in [6.45, 7) is 5.15. The summed E-state index contributed by atoms with van der Waals surface area (Å²) < 4.78 is 0.987. The quantitative estimate of drug-likeness (QED) is 0.593. The molecule has 3 rings (SSSR count).